The molecule has 0 aliphatic carbocycles. The highest BCUT2D eigenvalue weighted by molar-refractivity contribution is 5.85. The Kier molecular flexibility index (Phi) is 3.63. The summed E-state index contributed by atoms with van der Waals surface area (Å²) in [5.41, 5.74) is 9.65. The molecule has 0 fully saturated rings. The number of pyridine rings is 1. The Hall–Kier alpha value is -2.29. The van der Waals surface area contributed by atoms with Crippen LogP contribution in [0.15, 0.2) is 54.7 Å². The molecule has 0 amide bonds. The molecule has 0 unspecified atom stereocenters. The van der Waals surface area contributed by atoms with Gasteiger partial charge in [-0.05, 0) is 12.1 Å². The predicted molar refractivity (Wildman–Crippen MR) is 76.4 cm³/mol. The Morgan fingerprint density at radius 1 is 0.944 bits per heavy atom. The molecular formula is C15H17N3. The fourth-order valence-corrected chi connectivity index (χ4v) is 1.83. The minimum Gasteiger partial charge on any atom is -0.395 e. The van der Waals surface area contributed by atoms with Gasteiger partial charge in [-0.2, -0.15) is 5.10 Å². The number of nitrogens with zero attached hydrogens (tertiary/aromatic N) is 2. The molecule has 2 heterocycles. The molecule has 3 rings (SSSR count). The summed E-state index contributed by atoms with van der Waals surface area (Å²) in [7, 11) is 0. The second kappa shape index (κ2) is 5.36. The zero-order chi connectivity index (χ0) is 13.0. The normalized spacial score (nSPS) is 9.89. The smallest absolute Gasteiger partial charge is 0.116 e. The van der Waals surface area contributed by atoms with Gasteiger partial charge < -0.3 is 5.73 Å². The van der Waals surface area contributed by atoms with Crippen molar-refractivity contribution >= 4 is 11.2 Å². The maximum absolute atomic E-state index is 6.09. The lowest BCUT2D eigenvalue weighted by molar-refractivity contribution is 0.966. The number of aromatic nitrogens is 2. The molecule has 0 aliphatic heterocycles. The number of hydrogen-bond donors (Lipinski definition) is 1. The predicted octanol–water partition coefficient (Wildman–Crippen LogP) is 3.61. The van der Waals surface area contributed by atoms with Gasteiger partial charge in [-0.25, -0.2) is 4.52 Å². The number of fused-ring (bicyclic) bond motifs is 1. The summed E-state index contributed by atoms with van der Waals surface area (Å²) >= 11 is 0. The second-order valence-corrected chi connectivity index (χ2v) is 3.66. The van der Waals surface area contributed by atoms with Gasteiger partial charge in [0, 0.05) is 11.8 Å². The molecule has 1 aromatic carbocycles. The number of nitrogen functional groups attached to an aromatic ring is 1. The molecule has 0 atom stereocenters. The number of benzene rings is 1. The minimum absolute atomic E-state index is 0.729. The third-order valence-electron chi connectivity index (χ3n) is 2.63. The summed E-state index contributed by atoms with van der Waals surface area (Å²) in [6, 6.07) is 15.8. The summed E-state index contributed by atoms with van der Waals surface area (Å²) < 4.78 is 1.80. The lowest BCUT2D eigenvalue weighted by Gasteiger charge is -1.96. The molecule has 0 bridgehead atoms. The molecule has 0 saturated carbocycles. The summed E-state index contributed by atoms with van der Waals surface area (Å²) in [4.78, 5) is 0. The van der Waals surface area contributed by atoms with Gasteiger partial charge in [0.1, 0.15) is 5.69 Å². The van der Waals surface area contributed by atoms with Crippen LogP contribution >= 0.6 is 0 Å². The van der Waals surface area contributed by atoms with Gasteiger partial charge in [0.2, 0.25) is 0 Å². The molecule has 0 spiro atoms. The number of nitrogens with two attached hydrogens (primary N) is 1. The van der Waals surface area contributed by atoms with E-state index < -0.39 is 0 Å². The summed E-state index contributed by atoms with van der Waals surface area (Å²) in [6.07, 6.45) is 1.90. The minimum atomic E-state index is 0.729. The fourth-order valence-electron chi connectivity index (χ4n) is 1.83. The van der Waals surface area contributed by atoms with E-state index in [1.807, 2.05) is 68.6 Å². The third-order valence-corrected chi connectivity index (χ3v) is 2.63. The Morgan fingerprint density at radius 2 is 1.61 bits per heavy atom. The maximum Gasteiger partial charge on any atom is 0.116 e. The van der Waals surface area contributed by atoms with E-state index in [0.717, 1.165) is 22.5 Å². The zero-order valence-corrected chi connectivity index (χ0v) is 10.7. The van der Waals surface area contributed by atoms with Crippen molar-refractivity contribution in [1.82, 2.24) is 9.61 Å². The van der Waals surface area contributed by atoms with E-state index in [1.54, 1.807) is 4.52 Å². The lowest BCUT2D eigenvalue weighted by Crippen LogP contribution is -1.86. The highest BCUT2D eigenvalue weighted by atomic mass is 15.2. The molecular weight excluding hydrogens is 222 g/mol. The summed E-state index contributed by atoms with van der Waals surface area (Å²) in [5, 5.41) is 4.47. The third kappa shape index (κ3) is 2.07. The van der Waals surface area contributed by atoms with Crippen molar-refractivity contribution in [2.75, 3.05) is 5.73 Å². The van der Waals surface area contributed by atoms with Crippen molar-refractivity contribution < 1.29 is 0 Å². The fraction of sp³-hybridized carbons (Fsp3) is 0.133. The first-order chi connectivity index (χ1) is 8.86. The summed E-state index contributed by atoms with van der Waals surface area (Å²) in [6.45, 7) is 4.00. The highest BCUT2D eigenvalue weighted by Crippen LogP contribution is 2.27. The number of hydrogen-bond acceptors (Lipinski definition) is 2. The standard InChI is InChI=1S/C13H11N3.C2H6/c14-12-11-8-4-5-9-16(11)15-13(12)10-6-2-1-3-7-10;1-2/h1-9H,14H2;1-2H3. The van der Waals surface area contributed by atoms with Crippen LogP contribution in [0.1, 0.15) is 13.8 Å². The van der Waals surface area contributed by atoms with Gasteiger partial charge in [0.15, 0.2) is 0 Å². The number of rotatable bonds is 1. The van der Waals surface area contributed by atoms with Crippen molar-refractivity contribution in [1.29, 1.82) is 0 Å². The Morgan fingerprint density at radius 3 is 2.28 bits per heavy atom. The van der Waals surface area contributed by atoms with Gasteiger partial charge in [-0.3, -0.25) is 0 Å². The highest BCUT2D eigenvalue weighted by Gasteiger charge is 2.09. The topological polar surface area (TPSA) is 43.3 Å². The first kappa shape index (κ1) is 12.2. The Bertz CT molecular complexity index is 627. The number of anilines is 1. The average Bonchev–Trinajstić information content (AvgIpc) is 2.80. The van der Waals surface area contributed by atoms with Gasteiger partial charge in [0.05, 0.1) is 11.2 Å². The molecule has 2 aromatic heterocycles. The van der Waals surface area contributed by atoms with Crippen molar-refractivity contribution in [3.8, 4) is 11.3 Å². The lowest BCUT2D eigenvalue weighted by atomic mass is 10.1. The Balaban J connectivity index is 0.000000574. The van der Waals surface area contributed by atoms with Crippen molar-refractivity contribution in [2.45, 2.75) is 13.8 Å². The molecule has 0 radical (unpaired) electrons. The van der Waals surface area contributed by atoms with E-state index in [1.165, 1.54) is 0 Å². The zero-order valence-electron chi connectivity index (χ0n) is 10.7. The van der Waals surface area contributed by atoms with Crippen molar-refractivity contribution in [3.63, 3.8) is 0 Å². The first-order valence-corrected chi connectivity index (χ1v) is 6.14. The largest absolute Gasteiger partial charge is 0.395 e. The first-order valence-electron chi connectivity index (χ1n) is 6.14. The molecule has 0 aliphatic rings. The van der Waals surface area contributed by atoms with Gasteiger partial charge in [0.25, 0.3) is 0 Å². The van der Waals surface area contributed by atoms with Crippen LogP contribution in [0.3, 0.4) is 0 Å². The SMILES string of the molecule is CC.Nc1c(-c2ccccc2)nn2ccccc12. The van der Waals surface area contributed by atoms with Crippen LogP contribution in [0, 0.1) is 0 Å². The van der Waals surface area contributed by atoms with E-state index in [0.29, 0.717) is 0 Å². The van der Waals surface area contributed by atoms with E-state index >= 15 is 0 Å². The maximum atomic E-state index is 6.09. The molecule has 3 nitrogen and oxygen atoms in total. The van der Waals surface area contributed by atoms with E-state index in [9.17, 15) is 0 Å². The van der Waals surface area contributed by atoms with E-state index in [-0.39, 0.29) is 0 Å². The van der Waals surface area contributed by atoms with Crippen molar-refractivity contribution in [2.24, 2.45) is 0 Å². The van der Waals surface area contributed by atoms with Gasteiger partial charge in [-0.15, -0.1) is 0 Å². The van der Waals surface area contributed by atoms with Gasteiger partial charge >= 0.3 is 0 Å². The summed E-state index contributed by atoms with van der Waals surface area (Å²) in [5.74, 6) is 0. The van der Waals surface area contributed by atoms with Gasteiger partial charge in [-0.1, -0.05) is 50.2 Å². The average molecular weight is 239 g/mol. The Labute approximate surface area is 107 Å². The van der Waals surface area contributed by atoms with Crippen LogP contribution in [-0.4, -0.2) is 9.61 Å². The molecule has 2 N–H and O–H groups in total. The quantitative estimate of drug-likeness (QED) is 0.705. The molecule has 0 saturated heterocycles. The van der Waals surface area contributed by atoms with Crippen LogP contribution in [-0.2, 0) is 0 Å². The monoisotopic (exact) mass is 239 g/mol. The van der Waals surface area contributed by atoms with Crippen LogP contribution in [0.2, 0.25) is 0 Å². The van der Waals surface area contributed by atoms with Crippen LogP contribution < -0.4 is 5.73 Å². The molecule has 18 heavy (non-hydrogen) atoms. The van der Waals surface area contributed by atoms with Crippen LogP contribution in [0.25, 0.3) is 16.8 Å². The van der Waals surface area contributed by atoms with Crippen LogP contribution in [0.5, 0.6) is 0 Å². The second-order valence-electron chi connectivity index (χ2n) is 3.66. The molecule has 92 valence electrons. The van der Waals surface area contributed by atoms with E-state index in [4.69, 9.17) is 5.73 Å². The van der Waals surface area contributed by atoms with E-state index in [2.05, 4.69) is 5.10 Å². The molecule has 3 aromatic rings. The van der Waals surface area contributed by atoms with Crippen molar-refractivity contribution in [3.05, 3.63) is 54.7 Å². The molecule has 3 heteroatoms. The van der Waals surface area contributed by atoms with Crippen LogP contribution in [0.4, 0.5) is 5.69 Å².